The first-order chi connectivity index (χ1) is 14.8. The van der Waals surface area contributed by atoms with Gasteiger partial charge in [-0.2, -0.15) is 0 Å². The maximum absolute atomic E-state index is 13.2. The number of hydrogen-bond donors (Lipinski definition) is 1. The Kier molecular flexibility index (Phi) is 7.09. The lowest BCUT2D eigenvalue weighted by Crippen LogP contribution is -2.27. The second kappa shape index (κ2) is 9.59. The van der Waals surface area contributed by atoms with Crippen LogP contribution in [-0.2, 0) is 26.3 Å². The second-order valence-electron chi connectivity index (χ2n) is 6.78. The summed E-state index contributed by atoms with van der Waals surface area (Å²) in [5, 5.41) is 0. The molecule has 164 valence electrons. The largest absolute Gasteiger partial charge is 0.493 e. The highest BCUT2D eigenvalue weighted by Gasteiger charge is 2.25. The number of aryl methyl sites for hydroxylation is 1. The van der Waals surface area contributed by atoms with E-state index in [-0.39, 0.29) is 27.0 Å². The van der Waals surface area contributed by atoms with Gasteiger partial charge < -0.3 is 4.74 Å². The molecule has 0 saturated heterocycles. The van der Waals surface area contributed by atoms with Gasteiger partial charge in [-0.1, -0.05) is 24.3 Å². The van der Waals surface area contributed by atoms with Crippen LogP contribution in [0.5, 0.6) is 5.75 Å². The number of rotatable bonds is 9. The summed E-state index contributed by atoms with van der Waals surface area (Å²) in [6, 6.07) is 15.8. The summed E-state index contributed by atoms with van der Waals surface area (Å²) in [5.74, 6) is 0.225. The molecule has 31 heavy (non-hydrogen) atoms. The van der Waals surface area contributed by atoms with Crippen molar-refractivity contribution in [3.63, 3.8) is 0 Å². The normalized spacial score (nSPS) is 11.9. The number of benzene rings is 2. The maximum Gasteiger partial charge on any atom is 0.240 e. The molecular formula is C22H24N2O5S2. The molecule has 0 aliphatic carbocycles. The van der Waals surface area contributed by atoms with E-state index in [0.717, 1.165) is 5.69 Å². The van der Waals surface area contributed by atoms with Gasteiger partial charge in [-0.3, -0.25) is 4.98 Å². The molecule has 2 aromatic carbocycles. The Balaban J connectivity index is 1.90. The van der Waals surface area contributed by atoms with E-state index in [1.807, 2.05) is 12.1 Å². The van der Waals surface area contributed by atoms with Gasteiger partial charge in [-0.05, 0) is 55.8 Å². The van der Waals surface area contributed by atoms with Gasteiger partial charge in [-0.25, -0.2) is 21.6 Å². The molecule has 3 aromatic rings. The quantitative estimate of drug-likeness (QED) is 0.526. The fourth-order valence-corrected chi connectivity index (χ4v) is 5.85. The van der Waals surface area contributed by atoms with E-state index in [1.54, 1.807) is 44.3 Å². The lowest BCUT2D eigenvalue weighted by molar-refractivity contribution is 0.331. The minimum Gasteiger partial charge on any atom is -0.493 e. The van der Waals surface area contributed by atoms with Crippen molar-refractivity contribution in [2.75, 3.05) is 13.2 Å². The molecule has 9 heteroatoms. The van der Waals surface area contributed by atoms with Gasteiger partial charge in [-0.15, -0.1) is 0 Å². The van der Waals surface area contributed by atoms with Crippen LogP contribution in [0.4, 0.5) is 0 Å². The summed E-state index contributed by atoms with van der Waals surface area (Å²) in [5.41, 5.74) is 1.20. The first kappa shape index (κ1) is 22.9. The van der Waals surface area contributed by atoms with Crippen LogP contribution >= 0.6 is 0 Å². The SMILES string of the molecule is CCOc1ccccc1S(=O)(=O)c1ccc(C)c(S(=O)(=O)NCCc2ccccn2)c1. The zero-order valence-corrected chi connectivity index (χ0v) is 18.9. The van der Waals surface area contributed by atoms with Gasteiger partial charge in [0.15, 0.2) is 0 Å². The third kappa shape index (κ3) is 5.30. The van der Waals surface area contributed by atoms with Crippen molar-refractivity contribution in [1.82, 2.24) is 9.71 Å². The van der Waals surface area contributed by atoms with E-state index >= 15 is 0 Å². The number of nitrogens with one attached hydrogen (secondary N) is 1. The number of hydrogen-bond acceptors (Lipinski definition) is 6. The molecule has 1 heterocycles. The molecule has 0 aliphatic heterocycles. The Hall–Kier alpha value is -2.75. The third-order valence-corrected chi connectivity index (χ3v) is 7.99. The predicted molar refractivity (Wildman–Crippen MR) is 117 cm³/mol. The summed E-state index contributed by atoms with van der Waals surface area (Å²) in [7, 11) is -7.90. The molecule has 0 radical (unpaired) electrons. The fourth-order valence-electron chi connectivity index (χ4n) is 3.05. The molecule has 0 saturated carbocycles. The van der Waals surface area contributed by atoms with E-state index in [1.165, 1.54) is 24.3 Å². The number of sulfone groups is 1. The Labute approximate surface area is 183 Å². The first-order valence-corrected chi connectivity index (χ1v) is 12.7. The number of para-hydroxylation sites is 1. The number of pyridine rings is 1. The Morgan fingerprint density at radius 2 is 1.68 bits per heavy atom. The molecule has 7 nitrogen and oxygen atoms in total. The highest BCUT2D eigenvalue weighted by Crippen LogP contribution is 2.31. The lowest BCUT2D eigenvalue weighted by Gasteiger charge is -2.13. The lowest BCUT2D eigenvalue weighted by atomic mass is 10.2. The van der Waals surface area contributed by atoms with Crippen molar-refractivity contribution in [1.29, 1.82) is 0 Å². The summed E-state index contributed by atoms with van der Waals surface area (Å²) < 4.78 is 60.2. The average molecular weight is 461 g/mol. The molecule has 0 unspecified atom stereocenters. The van der Waals surface area contributed by atoms with E-state index < -0.39 is 19.9 Å². The zero-order chi connectivity index (χ0) is 22.5. The zero-order valence-electron chi connectivity index (χ0n) is 17.3. The summed E-state index contributed by atoms with van der Waals surface area (Å²) >= 11 is 0. The topological polar surface area (TPSA) is 102 Å². The van der Waals surface area contributed by atoms with Crippen LogP contribution in [-0.4, -0.2) is 35.0 Å². The van der Waals surface area contributed by atoms with Gasteiger partial charge in [0.2, 0.25) is 19.9 Å². The average Bonchev–Trinajstić information content (AvgIpc) is 2.75. The Bertz CT molecular complexity index is 1260. The summed E-state index contributed by atoms with van der Waals surface area (Å²) in [6.45, 7) is 3.83. The van der Waals surface area contributed by atoms with Crippen LogP contribution in [0.1, 0.15) is 18.2 Å². The molecule has 1 N–H and O–H groups in total. The van der Waals surface area contributed by atoms with Crippen molar-refractivity contribution in [2.45, 2.75) is 35.0 Å². The Morgan fingerprint density at radius 3 is 2.39 bits per heavy atom. The van der Waals surface area contributed by atoms with Gasteiger partial charge >= 0.3 is 0 Å². The van der Waals surface area contributed by atoms with Crippen molar-refractivity contribution >= 4 is 19.9 Å². The van der Waals surface area contributed by atoms with E-state index in [9.17, 15) is 16.8 Å². The summed E-state index contributed by atoms with van der Waals surface area (Å²) in [6.07, 6.45) is 2.06. The highest BCUT2D eigenvalue weighted by atomic mass is 32.2. The first-order valence-electron chi connectivity index (χ1n) is 9.73. The maximum atomic E-state index is 13.2. The van der Waals surface area contributed by atoms with Gasteiger partial charge in [0.05, 0.1) is 16.4 Å². The van der Waals surface area contributed by atoms with Crippen LogP contribution in [0, 0.1) is 6.92 Å². The monoisotopic (exact) mass is 460 g/mol. The molecule has 0 atom stereocenters. The Morgan fingerprint density at radius 1 is 0.935 bits per heavy atom. The molecule has 3 rings (SSSR count). The van der Waals surface area contributed by atoms with Crippen molar-refractivity contribution in [3.05, 3.63) is 78.1 Å². The third-order valence-electron chi connectivity index (χ3n) is 4.60. The predicted octanol–water partition coefficient (Wildman–Crippen LogP) is 3.14. The minimum atomic E-state index is -3.98. The van der Waals surface area contributed by atoms with Crippen molar-refractivity contribution in [2.24, 2.45) is 0 Å². The van der Waals surface area contributed by atoms with Crippen molar-refractivity contribution in [3.8, 4) is 5.75 Å². The van der Waals surface area contributed by atoms with E-state index in [0.29, 0.717) is 18.6 Å². The number of aromatic nitrogens is 1. The van der Waals surface area contributed by atoms with Gasteiger partial charge in [0, 0.05) is 24.9 Å². The van der Waals surface area contributed by atoms with E-state index in [4.69, 9.17) is 4.74 Å². The minimum absolute atomic E-state index is 0.00726. The smallest absolute Gasteiger partial charge is 0.240 e. The standard InChI is InChI=1S/C22H24N2O5S2/c1-3-29-20-9-4-5-10-21(20)30(25,26)19-12-11-17(2)22(16-19)31(27,28)24-15-13-18-8-6-7-14-23-18/h4-12,14,16,24H,3,13,15H2,1-2H3. The molecule has 0 aliphatic rings. The molecule has 0 spiro atoms. The molecule has 0 fully saturated rings. The fraction of sp³-hybridized carbons (Fsp3) is 0.227. The van der Waals surface area contributed by atoms with Crippen LogP contribution in [0.15, 0.2) is 81.5 Å². The van der Waals surface area contributed by atoms with Crippen LogP contribution in [0.3, 0.4) is 0 Å². The molecule has 1 aromatic heterocycles. The van der Waals surface area contributed by atoms with Crippen LogP contribution < -0.4 is 9.46 Å². The summed E-state index contributed by atoms with van der Waals surface area (Å²) in [4.78, 5) is 3.96. The van der Waals surface area contributed by atoms with Crippen LogP contribution in [0.2, 0.25) is 0 Å². The number of nitrogens with zero attached hydrogens (tertiary/aromatic N) is 1. The number of sulfonamides is 1. The molecular weight excluding hydrogens is 436 g/mol. The van der Waals surface area contributed by atoms with Gasteiger partial charge in [0.25, 0.3) is 0 Å². The van der Waals surface area contributed by atoms with Crippen molar-refractivity contribution < 1.29 is 21.6 Å². The van der Waals surface area contributed by atoms with Crippen LogP contribution in [0.25, 0.3) is 0 Å². The van der Waals surface area contributed by atoms with Gasteiger partial charge in [0.1, 0.15) is 10.6 Å². The number of ether oxygens (including phenoxy) is 1. The second-order valence-corrected chi connectivity index (χ2v) is 10.4. The highest BCUT2D eigenvalue weighted by molar-refractivity contribution is 7.92. The molecule has 0 bridgehead atoms. The molecule has 0 amide bonds. The van der Waals surface area contributed by atoms with E-state index in [2.05, 4.69) is 9.71 Å².